The molecule has 0 unspecified atom stereocenters. The first-order valence-electron chi connectivity index (χ1n) is 9.94. The van der Waals surface area contributed by atoms with Crippen LogP contribution in [-0.4, -0.2) is 60.1 Å². The first-order valence-corrected chi connectivity index (χ1v) is 9.94. The van der Waals surface area contributed by atoms with Crippen LogP contribution in [0.1, 0.15) is 40.4 Å². The van der Waals surface area contributed by atoms with Gasteiger partial charge in [-0.2, -0.15) is 0 Å². The van der Waals surface area contributed by atoms with Gasteiger partial charge in [-0.25, -0.2) is 0 Å². The molecule has 0 aromatic heterocycles. The van der Waals surface area contributed by atoms with E-state index in [0.717, 1.165) is 5.56 Å². The highest BCUT2D eigenvalue weighted by Gasteiger charge is 2.28. The number of hydrogen-bond acceptors (Lipinski definition) is 4. The molecule has 1 heterocycles. The second kappa shape index (κ2) is 9.56. The van der Waals surface area contributed by atoms with Crippen LogP contribution in [0.25, 0.3) is 0 Å². The predicted octanol–water partition coefficient (Wildman–Crippen LogP) is 3.37. The zero-order chi connectivity index (χ0) is 20.8. The number of benzene rings is 2. The summed E-state index contributed by atoms with van der Waals surface area (Å²) in [7, 11) is 1.57. The van der Waals surface area contributed by atoms with Gasteiger partial charge in [-0.3, -0.25) is 14.5 Å². The highest BCUT2D eigenvalue weighted by Crippen LogP contribution is 2.28. The van der Waals surface area contributed by atoms with Crippen molar-refractivity contribution in [2.75, 3.05) is 33.3 Å². The van der Waals surface area contributed by atoms with Crippen LogP contribution in [0.15, 0.2) is 48.5 Å². The van der Waals surface area contributed by atoms with Crippen molar-refractivity contribution in [3.8, 4) is 5.75 Å². The molecule has 2 aromatic carbocycles. The van der Waals surface area contributed by atoms with Gasteiger partial charge in [-0.05, 0) is 31.0 Å². The van der Waals surface area contributed by atoms with Crippen LogP contribution in [0.3, 0.4) is 0 Å². The molecule has 0 radical (unpaired) electrons. The molecule has 0 saturated carbocycles. The minimum atomic E-state index is -0.785. The number of rotatable bonds is 7. The molecule has 1 N–H and O–H groups in total. The number of para-hydroxylation sites is 1. The molecule has 2 aromatic rings. The maximum Gasteiger partial charge on any atom is 0.303 e. The van der Waals surface area contributed by atoms with Crippen molar-refractivity contribution < 1.29 is 19.4 Å². The fraction of sp³-hybridized carbons (Fsp3) is 0.391. The lowest BCUT2D eigenvalue weighted by atomic mass is 9.98. The lowest BCUT2D eigenvalue weighted by Gasteiger charge is -2.39. The van der Waals surface area contributed by atoms with Crippen LogP contribution in [0.5, 0.6) is 5.75 Å². The molecular formula is C23H28N2O4. The Bertz CT molecular complexity index is 842. The van der Waals surface area contributed by atoms with Crippen molar-refractivity contribution in [1.82, 2.24) is 9.80 Å². The molecule has 1 fully saturated rings. The largest absolute Gasteiger partial charge is 0.496 e. The van der Waals surface area contributed by atoms with E-state index in [0.29, 0.717) is 43.9 Å². The summed E-state index contributed by atoms with van der Waals surface area (Å²) in [5, 5.41) is 9.16. The molecule has 0 spiro atoms. The smallest absolute Gasteiger partial charge is 0.303 e. The highest BCUT2D eigenvalue weighted by atomic mass is 16.5. The van der Waals surface area contributed by atoms with E-state index in [4.69, 9.17) is 9.84 Å². The van der Waals surface area contributed by atoms with E-state index in [9.17, 15) is 9.59 Å². The fourth-order valence-electron chi connectivity index (χ4n) is 3.84. The quantitative estimate of drug-likeness (QED) is 0.777. The number of amides is 1. The molecule has 1 saturated heterocycles. The van der Waals surface area contributed by atoms with Gasteiger partial charge < -0.3 is 14.7 Å². The molecule has 0 aliphatic carbocycles. The Labute approximate surface area is 171 Å². The van der Waals surface area contributed by atoms with Crippen molar-refractivity contribution >= 4 is 11.9 Å². The van der Waals surface area contributed by atoms with Crippen molar-refractivity contribution in [1.29, 1.82) is 0 Å². The monoisotopic (exact) mass is 396 g/mol. The van der Waals surface area contributed by atoms with Crippen LogP contribution >= 0.6 is 0 Å². The number of ether oxygens (including phenoxy) is 1. The van der Waals surface area contributed by atoms with E-state index >= 15 is 0 Å². The first kappa shape index (κ1) is 20.9. The predicted molar refractivity (Wildman–Crippen MR) is 111 cm³/mol. The Morgan fingerprint density at radius 2 is 1.69 bits per heavy atom. The van der Waals surface area contributed by atoms with Gasteiger partial charge in [0.2, 0.25) is 0 Å². The second-order valence-electron chi connectivity index (χ2n) is 7.39. The van der Waals surface area contributed by atoms with Crippen LogP contribution in [-0.2, 0) is 4.79 Å². The lowest BCUT2D eigenvalue weighted by Crippen LogP contribution is -2.49. The number of carboxylic acid groups (broad SMARTS) is 1. The third-order valence-corrected chi connectivity index (χ3v) is 5.47. The van der Waals surface area contributed by atoms with E-state index in [1.807, 2.05) is 24.0 Å². The summed E-state index contributed by atoms with van der Waals surface area (Å²) in [4.78, 5) is 28.2. The van der Waals surface area contributed by atoms with E-state index in [-0.39, 0.29) is 18.4 Å². The van der Waals surface area contributed by atoms with Crippen LogP contribution < -0.4 is 4.74 Å². The maximum atomic E-state index is 12.9. The number of carboxylic acids is 1. The molecule has 154 valence electrons. The molecule has 6 nitrogen and oxygen atoms in total. The van der Waals surface area contributed by atoms with E-state index < -0.39 is 5.97 Å². The van der Waals surface area contributed by atoms with Gasteiger partial charge >= 0.3 is 5.97 Å². The Balaban J connectivity index is 1.69. The number of piperazine rings is 1. The molecule has 1 aliphatic heterocycles. The minimum absolute atomic E-state index is 0.0282. The zero-order valence-corrected chi connectivity index (χ0v) is 17.0. The summed E-state index contributed by atoms with van der Waals surface area (Å²) < 4.78 is 5.32. The van der Waals surface area contributed by atoms with Crippen LogP contribution in [0.2, 0.25) is 0 Å². The number of nitrogens with zero attached hydrogens (tertiary/aromatic N) is 2. The summed E-state index contributed by atoms with van der Waals surface area (Å²) in [6.07, 6.45) is 0.678. The summed E-state index contributed by atoms with van der Waals surface area (Å²) in [5.74, 6) is -0.231. The van der Waals surface area contributed by atoms with Gasteiger partial charge in [0.25, 0.3) is 5.91 Å². The normalized spacial score (nSPS) is 15.7. The van der Waals surface area contributed by atoms with E-state index in [1.165, 1.54) is 5.56 Å². The number of carbonyl (C=O) groups is 2. The average Bonchev–Trinajstić information content (AvgIpc) is 2.75. The van der Waals surface area contributed by atoms with Crippen LogP contribution in [0.4, 0.5) is 0 Å². The molecule has 0 bridgehead atoms. The summed E-state index contributed by atoms with van der Waals surface area (Å²) in [6, 6.07) is 15.6. The highest BCUT2D eigenvalue weighted by molar-refractivity contribution is 5.97. The summed E-state index contributed by atoms with van der Waals surface area (Å²) >= 11 is 0. The lowest BCUT2D eigenvalue weighted by molar-refractivity contribution is -0.137. The average molecular weight is 396 g/mol. The number of aryl methyl sites for hydroxylation is 1. The number of carbonyl (C=O) groups excluding carboxylic acids is 1. The van der Waals surface area contributed by atoms with Gasteiger partial charge in [-0.15, -0.1) is 0 Å². The second-order valence-corrected chi connectivity index (χ2v) is 7.39. The minimum Gasteiger partial charge on any atom is -0.496 e. The Morgan fingerprint density at radius 3 is 2.31 bits per heavy atom. The molecule has 3 rings (SSSR count). The standard InChI is InChI=1S/C23H28N2O4/c1-17-7-9-18(10-8-17)20(11-12-22(26)27)24-13-15-25(16-14-24)23(28)19-5-3-4-6-21(19)29-2/h3-10,20H,11-16H2,1-2H3,(H,26,27)/t20-/m1/s1. The van der Waals surface area contributed by atoms with Gasteiger partial charge in [0.15, 0.2) is 0 Å². The Kier molecular flexibility index (Phi) is 6.88. The van der Waals surface area contributed by atoms with Crippen molar-refractivity contribution in [3.63, 3.8) is 0 Å². The zero-order valence-electron chi connectivity index (χ0n) is 17.0. The number of aliphatic carboxylic acids is 1. The third kappa shape index (κ3) is 5.15. The van der Waals surface area contributed by atoms with E-state index in [2.05, 4.69) is 29.2 Å². The first-order chi connectivity index (χ1) is 14.0. The van der Waals surface area contributed by atoms with Gasteiger partial charge in [-0.1, -0.05) is 42.0 Å². The molecule has 1 atom stereocenters. The topological polar surface area (TPSA) is 70.1 Å². The SMILES string of the molecule is COc1ccccc1C(=O)N1CCN([C@H](CCC(=O)O)c2ccc(C)cc2)CC1. The number of methoxy groups -OCH3 is 1. The summed E-state index contributed by atoms with van der Waals surface area (Å²) in [6.45, 7) is 4.66. The molecule has 1 amide bonds. The molecule has 1 aliphatic rings. The third-order valence-electron chi connectivity index (χ3n) is 5.47. The van der Waals surface area contributed by atoms with E-state index in [1.54, 1.807) is 19.2 Å². The van der Waals surface area contributed by atoms with Crippen molar-refractivity contribution in [2.24, 2.45) is 0 Å². The Hall–Kier alpha value is -2.86. The van der Waals surface area contributed by atoms with Crippen molar-refractivity contribution in [2.45, 2.75) is 25.8 Å². The maximum absolute atomic E-state index is 12.9. The molecular weight excluding hydrogens is 368 g/mol. The molecule has 6 heteroatoms. The number of hydrogen-bond donors (Lipinski definition) is 1. The van der Waals surface area contributed by atoms with Crippen molar-refractivity contribution in [3.05, 3.63) is 65.2 Å². The molecule has 29 heavy (non-hydrogen) atoms. The van der Waals surface area contributed by atoms with Gasteiger partial charge in [0, 0.05) is 38.6 Å². The van der Waals surface area contributed by atoms with Crippen LogP contribution in [0, 0.1) is 6.92 Å². The van der Waals surface area contributed by atoms with Gasteiger partial charge in [0.1, 0.15) is 5.75 Å². The van der Waals surface area contributed by atoms with Gasteiger partial charge in [0.05, 0.1) is 12.7 Å². The fourth-order valence-corrected chi connectivity index (χ4v) is 3.84. The summed E-state index contributed by atoms with van der Waals surface area (Å²) in [5.41, 5.74) is 2.88. The Morgan fingerprint density at radius 1 is 1.03 bits per heavy atom.